The van der Waals surface area contributed by atoms with Crippen LogP contribution in [0.25, 0.3) is 0 Å². The Morgan fingerprint density at radius 3 is 3.00 bits per heavy atom. The fourth-order valence-electron chi connectivity index (χ4n) is 1.90. The molecule has 0 aliphatic carbocycles. The average molecular weight is 201 g/mol. The Kier molecular flexibility index (Phi) is 4.16. The van der Waals surface area contributed by atoms with Crippen LogP contribution in [0.1, 0.15) is 19.8 Å². The van der Waals surface area contributed by atoms with Gasteiger partial charge in [0.25, 0.3) is 0 Å². The Morgan fingerprint density at radius 1 is 1.71 bits per heavy atom. The molecule has 0 spiro atoms. The summed E-state index contributed by atoms with van der Waals surface area (Å²) in [6.07, 6.45) is 1.93. The molecule has 2 atom stereocenters. The number of aliphatic hydroxyl groups excluding tert-OH is 1. The van der Waals surface area contributed by atoms with Gasteiger partial charge in [-0.05, 0) is 32.2 Å². The lowest BCUT2D eigenvalue weighted by atomic mass is 10.1. The molecule has 0 saturated carbocycles. The molecule has 0 bridgehead atoms. The van der Waals surface area contributed by atoms with Gasteiger partial charge < -0.3 is 16.0 Å². The molecule has 5 heteroatoms. The Morgan fingerprint density at radius 2 is 2.43 bits per heavy atom. The van der Waals surface area contributed by atoms with Crippen LogP contribution in [0.5, 0.6) is 0 Å². The Bertz CT molecular complexity index is 208. The standard InChI is InChI=1S/C9H19N3O2/c1-7(9(10)11-14)12-4-2-8(6-12)3-5-13/h7-8,13-14H,2-6H2,1H3,(H2,10,11). The van der Waals surface area contributed by atoms with Crippen molar-refractivity contribution in [3.8, 4) is 0 Å². The van der Waals surface area contributed by atoms with Crippen molar-refractivity contribution in [3.05, 3.63) is 0 Å². The fourth-order valence-corrected chi connectivity index (χ4v) is 1.90. The van der Waals surface area contributed by atoms with Crippen molar-refractivity contribution in [2.45, 2.75) is 25.8 Å². The molecule has 1 rings (SSSR count). The van der Waals surface area contributed by atoms with Crippen molar-refractivity contribution in [3.63, 3.8) is 0 Å². The minimum Gasteiger partial charge on any atom is -0.409 e. The van der Waals surface area contributed by atoms with Crippen LogP contribution < -0.4 is 5.73 Å². The van der Waals surface area contributed by atoms with E-state index in [-0.39, 0.29) is 18.5 Å². The monoisotopic (exact) mass is 201 g/mol. The molecular formula is C9H19N3O2. The highest BCUT2D eigenvalue weighted by atomic mass is 16.4. The van der Waals surface area contributed by atoms with Crippen molar-refractivity contribution in [2.75, 3.05) is 19.7 Å². The molecule has 0 aromatic carbocycles. The zero-order chi connectivity index (χ0) is 10.6. The van der Waals surface area contributed by atoms with Crippen LogP contribution in [-0.2, 0) is 0 Å². The van der Waals surface area contributed by atoms with Gasteiger partial charge in [-0.25, -0.2) is 0 Å². The first-order valence-electron chi connectivity index (χ1n) is 5.01. The lowest BCUT2D eigenvalue weighted by molar-refractivity contribution is 0.243. The highest BCUT2D eigenvalue weighted by molar-refractivity contribution is 5.84. The summed E-state index contributed by atoms with van der Waals surface area (Å²) in [5.74, 6) is 0.809. The van der Waals surface area contributed by atoms with Gasteiger partial charge in [0.1, 0.15) is 0 Å². The Hall–Kier alpha value is -0.810. The zero-order valence-corrected chi connectivity index (χ0v) is 8.56. The molecule has 4 N–H and O–H groups in total. The van der Waals surface area contributed by atoms with Gasteiger partial charge in [0.15, 0.2) is 5.84 Å². The van der Waals surface area contributed by atoms with Crippen LogP contribution >= 0.6 is 0 Å². The maximum atomic E-state index is 8.80. The number of oxime groups is 1. The van der Waals surface area contributed by atoms with E-state index in [0.717, 1.165) is 25.9 Å². The molecule has 1 aliphatic rings. The van der Waals surface area contributed by atoms with Crippen molar-refractivity contribution in [1.82, 2.24) is 4.90 Å². The second-order valence-electron chi connectivity index (χ2n) is 3.86. The smallest absolute Gasteiger partial charge is 0.156 e. The van der Waals surface area contributed by atoms with Gasteiger partial charge in [0.05, 0.1) is 6.04 Å². The normalized spacial score (nSPS) is 26.7. The summed E-state index contributed by atoms with van der Waals surface area (Å²) in [7, 11) is 0. The summed E-state index contributed by atoms with van der Waals surface area (Å²) in [5.41, 5.74) is 5.52. The SMILES string of the molecule is CC(C(N)=NO)N1CCC(CCO)C1. The molecule has 0 amide bonds. The number of amidine groups is 1. The van der Waals surface area contributed by atoms with E-state index in [1.807, 2.05) is 6.92 Å². The van der Waals surface area contributed by atoms with Crippen LogP contribution in [-0.4, -0.2) is 46.8 Å². The van der Waals surface area contributed by atoms with E-state index < -0.39 is 0 Å². The summed E-state index contributed by atoms with van der Waals surface area (Å²) < 4.78 is 0. The second kappa shape index (κ2) is 5.17. The molecule has 82 valence electrons. The molecule has 1 saturated heterocycles. The predicted molar refractivity (Wildman–Crippen MR) is 54.3 cm³/mol. The quantitative estimate of drug-likeness (QED) is 0.255. The molecule has 14 heavy (non-hydrogen) atoms. The van der Waals surface area contributed by atoms with Gasteiger partial charge in [0, 0.05) is 13.2 Å². The van der Waals surface area contributed by atoms with E-state index in [9.17, 15) is 0 Å². The molecule has 1 heterocycles. The van der Waals surface area contributed by atoms with Crippen LogP contribution in [0.2, 0.25) is 0 Å². The number of aliphatic hydroxyl groups is 1. The van der Waals surface area contributed by atoms with Crippen LogP contribution in [0.4, 0.5) is 0 Å². The summed E-state index contributed by atoms with van der Waals surface area (Å²) in [4.78, 5) is 2.18. The third-order valence-electron chi connectivity index (χ3n) is 2.95. The third-order valence-corrected chi connectivity index (χ3v) is 2.95. The topological polar surface area (TPSA) is 82.1 Å². The fraction of sp³-hybridized carbons (Fsp3) is 0.889. The first-order chi connectivity index (χ1) is 6.69. The molecule has 1 fully saturated rings. The molecule has 2 unspecified atom stereocenters. The number of hydrogen-bond donors (Lipinski definition) is 3. The number of hydrogen-bond acceptors (Lipinski definition) is 4. The molecule has 5 nitrogen and oxygen atoms in total. The highest BCUT2D eigenvalue weighted by Crippen LogP contribution is 2.20. The zero-order valence-electron chi connectivity index (χ0n) is 8.56. The minimum absolute atomic E-state index is 0.0105. The first kappa shape index (κ1) is 11.3. The van der Waals surface area contributed by atoms with Gasteiger partial charge in [-0.15, -0.1) is 0 Å². The van der Waals surface area contributed by atoms with E-state index in [1.165, 1.54) is 0 Å². The number of nitrogens with two attached hydrogens (primary N) is 1. The van der Waals surface area contributed by atoms with Gasteiger partial charge in [0.2, 0.25) is 0 Å². The van der Waals surface area contributed by atoms with Crippen LogP contribution in [0.3, 0.4) is 0 Å². The second-order valence-corrected chi connectivity index (χ2v) is 3.86. The minimum atomic E-state index is -0.0105. The molecular weight excluding hydrogens is 182 g/mol. The molecule has 0 aromatic rings. The third kappa shape index (κ3) is 2.59. The maximum Gasteiger partial charge on any atom is 0.156 e. The number of likely N-dealkylation sites (tertiary alicyclic amines) is 1. The van der Waals surface area contributed by atoms with Gasteiger partial charge in [-0.2, -0.15) is 0 Å². The summed E-state index contributed by atoms with van der Waals surface area (Å²) >= 11 is 0. The molecule has 1 aliphatic heterocycles. The largest absolute Gasteiger partial charge is 0.409 e. The van der Waals surface area contributed by atoms with Crippen molar-refractivity contribution < 1.29 is 10.3 Å². The number of nitrogens with zero attached hydrogens (tertiary/aromatic N) is 2. The Labute approximate surface area is 84.2 Å². The Balaban J connectivity index is 2.41. The number of rotatable bonds is 4. The average Bonchev–Trinajstić information content (AvgIpc) is 2.64. The summed E-state index contributed by atoms with van der Waals surface area (Å²) in [5, 5.41) is 20.3. The van der Waals surface area contributed by atoms with E-state index in [2.05, 4.69) is 10.1 Å². The van der Waals surface area contributed by atoms with Gasteiger partial charge >= 0.3 is 0 Å². The molecule has 0 aromatic heterocycles. The van der Waals surface area contributed by atoms with E-state index in [4.69, 9.17) is 16.0 Å². The van der Waals surface area contributed by atoms with E-state index in [0.29, 0.717) is 5.92 Å². The van der Waals surface area contributed by atoms with Gasteiger partial charge in [-0.3, -0.25) is 4.90 Å². The predicted octanol–water partition coefficient (Wildman–Crippen LogP) is -0.174. The maximum absolute atomic E-state index is 8.80. The van der Waals surface area contributed by atoms with Gasteiger partial charge in [-0.1, -0.05) is 5.16 Å². The molecule has 0 radical (unpaired) electrons. The lowest BCUT2D eigenvalue weighted by Crippen LogP contribution is -2.41. The van der Waals surface area contributed by atoms with E-state index in [1.54, 1.807) is 0 Å². The first-order valence-corrected chi connectivity index (χ1v) is 5.01. The van der Waals surface area contributed by atoms with E-state index >= 15 is 0 Å². The van der Waals surface area contributed by atoms with Crippen molar-refractivity contribution in [1.29, 1.82) is 0 Å². The summed E-state index contributed by atoms with van der Waals surface area (Å²) in [6, 6.07) is -0.0105. The van der Waals surface area contributed by atoms with Crippen LogP contribution in [0, 0.1) is 5.92 Å². The van der Waals surface area contributed by atoms with Crippen molar-refractivity contribution in [2.24, 2.45) is 16.8 Å². The van der Waals surface area contributed by atoms with Crippen LogP contribution in [0.15, 0.2) is 5.16 Å². The highest BCUT2D eigenvalue weighted by Gasteiger charge is 2.27. The lowest BCUT2D eigenvalue weighted by Gasteiger charge is -2.22. The van der Waals surface area contributed by atoms with Crippen molar-refractivity contribution >= 4 is 5.84 Å². The summed E-state index contributed by atoms with van der Waals surface area (Å²) in [6.45, 7) is 4.06.